The highest BCUT2D eigenvalue weighted by Gasteiger charge is 2.17. The largest absolute Gasteiger partial charge is 0.491 e. The highest BCUT2D eigenvalue weighted by atomic mass is 79.9. The van der Waals surface area contributed by atoms with Gasteiger partial charge in [-0.05, 0) is 60.2 Å². The van der Waals surface area contributed by atoms with Gasteiger partial charge in [0, 0.05) is 16.6 Å². The Morgan fingerprint density at radius 1 is 1.03 bits per heavy atom. The van der Waals surface area contributed by atoms with E-state index in [1.165, 1.54) is 6.08 Å². The SMILES string of the molecule is Nc1ccccc1NC(=O)/C=C/C[C@@H](OC(=O)Nc1ccc(Br)cc1)c1cccc(OCCO)c1. The highest BCUT2D eigenvalue weighted by molar-refractivity contribution is 9.10. The minimum absolute atomic E-state index is 0.121. The fourth-order valence-corrected chi connectivity index (χ4v) is 3.38. The summed E-state index contributed by atoms with van der Waals surface area (Å²) in [4.78, 5) is 24.9. The molecule has 0 aliphatic rings. The second-order valence-corrected chi connectivity index (χ2v) is 8.30. The molecule has 0 spiro atoms. The lowest BCUT2D eigenvalue weighted by atomic mass is 10.1. The van der Waals surface area contributed by atoms with E-state index in [4.69, 9.17) is 20.3 Å². The van der Waals surface area contributed by atoms with Crippen LogP contribution in [0.1, 0.15) is 18.1 Å². The van der Waals surface area contributed by atoms with Crippen molar-refractivity contribution in [1.29, 1.82) is 0 Å². The molecule has 0 saturated carbocycles. The number of carbonyl (C=O) groups is 2. The normalized spacial score (nSPS) is 11.6. The van der Waals surface area contributed by atoms with Gasteiger partial charge in [0.1, 0.15) is 18.5 Å². The molecule has 35 heavy (non-hydrogen) atoms. The van der Waals surface area contributed by atoms with E-state index >= 15 is 0 Å². The number of anilines is 3. The molecule has 0 unspecified atom stereocenters. The van der Waals surface area contributed by atoms with E-state index in [0.29, 0.717) is 28.4 Å². The number of para-hydroxylation sites is 2. The van der Waals surface area contributed by atoms with Crippen LogP contribution in [-0.4, -0.2) is 30.3 Å². The molecular weight excluding hydrogens is 514 g/mol. The molecule has 3 rings (SSSR count). The summed E-state index contributed by atoms with van der Waals surface area (Å²) in [5.74, 6) is 0.167. The van der Waals surface area contributed by atoms with Crippen LogP contribution in [0.5, 0.6) is 5.75 Å². The van der Waals surface area contributed by atoms with E-state index in [0.717, 1.165) is 4.47 Å². The van der Waals surface area contributed by atoms with Crippen molar-refractivity contribution in [1.82, 2.24) is 0 Å². The number of carbonyl (C=O) groups excluding carboxylic acids is 2. The van der Waals surface area contributed by atoms with Gasteiger partial charge in [0.25, 0.3) is 0 Å². The Kier molecular flexibility index (Phi) is 9.70. The molecule has 0 fully saturated rings. The fraction of sp³-hybridized carbons (Fsp3) is 0.154. The number of benzene rings is 3. The molecule has 0 aromatic heterocycles. The first-order chi connectivity index (χ1) is 16.9. The summed E-state index contributed by atoms with van der Waals surface area (Å²) in [6.45, 7) is 0.0191. The number of amides is 2. The first-order valence-corrected chi connectivity index (χ1v) is 11.6. The van der Waals surface area contributed by atoms with Gasteiger partial charge in [-0.1, -0.05) is 46.3 Å². The molecule has 0 aliphatic carbocycles. The van der Waals surface area contributed by atoms with Crippen LogP contribution < -0.4 is 21.1 Å². The average Bonchev–Trinajstić information content (AvgIpc) is 2.85. The molecule has 0 radical (unpaired) electrons. The molecule has 0 heterocycles. The van der Waals surface area contributed by atoms with Gasteiger partial charge in [0.15, 0.2) is 0 Å². The lowest BCUT2D eigenvalue weighted by Gasteiger charge is -2.18. The zero-order valence-electron chi connectivity index (χ0n) is 18.8. The van der Waals surface area contributed by atoms with Gasteiger partial charge in [0.2, 0.25) is 5.91 Å². The van der Waals surface area contributed by atoms with E-state index < -0.39 is 12.2 Å². The number of aliphatic hydroxyl groups is 1. The monoisotopic (exact) mass is 539 g/mol. The summed E-state index contributed by atoms with van der Waals surface area (Å²) in [7, 11) is 0. The molecule has 3 aromatic carbocycles. The number of nitrogens with one attached hydrogen (secondary N) is 2. The van der Waals surface area contributed by atoms with E-state index in [9.17, 15) is 9.59 Å². The Morgan fingerprint density at radius 3 is 2.54 bits per heavy atom. The third-order valence-electron chi connectivity index (χ3n) is 4.77. The lowest BCUT2D eigenvalue weighted by molar-refractivity contribution is -0.111. The maximum absolute atomic E-state index is 12.6. The summed E-state index contributed by atoms with van der Waals surface area (Å²) in [5.41, 5.74) is 8.08. The minimum Gasteiger partial charge on any atom is -0.491 e. The third-order valence-corrected chi connectivity index (χ3v) is 5.30. The predicted molar refractivity (Wildman–Crippen MR) is 139 cm³/mol. The van der Waals surface area contributed by atoms with E-state index in [-0.39, 0.29) is 25.5 Å². The first-order valence-electron chi connectivity index (χ1n) is 10.8. The van der Waals surface area contributed by atoms with Crippen LogP contribution in [-0.2, 0) is 9.53 Å². The van der Waals surface area contributed by atoms with Crippen LogP contribution in [0.15, 0.2) is 89.4 Å². The van der Waals surface area contributed by atoms with Crippen molar-refractivity contribution < 1.29 is 24.2 Å². The number of halogens is 1. The number of nitrogen functional groups attached to an aromatic ring is 1. The van der Waals surface area contributed by atoms with Crippen molar-refractivity contribution in [3.63, 3.8) is 0 Å². The maximum Gasteiger partial charge on any atom is 0.412 e. The number of ether oxygens (including phenoxy) is 2. The van der Waals surface area contributed by atoms with Crippen LogP contribution in [0.4, 0.5) is 21.9 Å². The predicted octanol–water partition coefficient (Wildman–Crippen LogP) is 5.28. The Bertz CT molecular complexity index is 1170. The lowest BCUT2D eigenvalue weighted by Crippen LogP contribution is -2.17. The summed E-state index contributed by atoms with van der Waals surface area (Å²) < 4.78 is 12.0. The molecule has 8 nitrogen and oxygen atoms in total. The van der Waals surface area contributed by atoms with Gasteiger partial charge in [-0.2, -0.15) is 0 Å². The smallest absolute Gasteiger partial charge is 0.412 e. The molecule has 0 aliphatic heterocycles. The third kappa shape index (κ3) is 8.47. The molecular formula is C26H26BrN3O5. The molecule has 182 valence electrons. The molecule has 5 N–H and O–H groups in total. The van der Waals surface area contributed by atoms with Crippen molar-refractivity contribution in [3.8, 4) is 5.75 Å². The minimum atomic E-state index is -0.700. The molecule has 0 bridgehead atoms. The number of nitrogens with two attached hydrogens (primary N) is 1. The van der Waals surface area contributed by atoms with Crippen LogP contribution in [0.2, 0.25) is 0 Å². The van der Waals surface area contributed by atoms with Crippen LogP contribution in [0, 0.1) is 0 Å². The van der Waals surface area contributed by atoms with Gasteiger partial charge in [0.05, 0.1) is 18.0 Å². The molecule has 3 aromatic rings. The second kappa shape index (κ2) is 13.2. The van der Waals surface area contributed by atoms with Gasteiger partial charge >= 0.3 is 6.09 Å². The Hall–Kier alpha value is -3.82. The molecule has 0 saturated heterocycles. The maximum atomic E-state index is 12.6. The number of hydrogen-bond donors (Lipinski definition) is 4. The van der Waals surface area contributed by atoms with Crippen LogP contribution in [0.3, 0.4) is 0 Å². The van der Waals surface area contributed by atoms with Gasteiger partial charge < -0.3 is 25.6 Å². The summed E-state index contributed by atoms with van der Waals surface area (Å²) in [5, 5.41) is 14.4. The Morgan fingerprint density at radius 2 is 1.80 bits per heavy atom. The zero-order chi connectivity index (χ0) is 25.0. The van der Waals surface area contributed by atoms with E-state index in [2.05, 4.69) is 26.6 Å². The van der Waals surface area contributed by atoms with Crippen molar-refractivity contribution in [2.75, 3.05) is 29.6 Å². The number of aliphatic hydroxyl groups excluding tert-OH is 1. The van der Waals surface area contributed by atoms with Crippen molar-refractivity contribution >= 4 is 45.0 Å². The fourth-order valence-electron chi connectivity index (χ4n) is 3.11. The molecule has 9 heteroatoms. The zero-order valence-corrected chi connectivity index (χ0v) is 20.4. The Balaban J connectivity index is 1.71. The van der Waals surface area contributed by atoms with Crippen molar-refractivity contribution in [3.05, 3.63) is 95.0 Å². The summed E-state index contributed by atoms with van der Waals surface area (Å²) >= 11 is 3.35. The van der Waals surface area contributed by atoms with Crippen molar-refractivity contribution in [2.24, 2.45) is 0 Å². The number of rotatable bonds is 10. The van der Waals surface area contributed by atoms with Crippen LogP contribution >= 0.6 is 15.9 Å². The second-order valence-electron chi connectivity index (χ2n) is 7.38. The van der Waals surface area contributed by atoms with Crippen molar-refractivity contribution in [2.45, 2.75) is 12.5 Å². The Labute approximate surface area is 211 Å². The van der Waals surface area contributed by atoms with Gasteiger partial charge in [-0.15, -0.1) is 0 Å². The topological polar surface area (TPSA) is 123 Å². The highest BCUT2D eigenvalue weighted by Crippen LogP contribution is 2.26. The van der Waals surface area contributed by atoms with Gasteiger partial charge in [-0.3, -0.25) is 10.1 Å². The van der Waals surface area contributed by atoms with Gasteiger partial charge in [-0.25, -0.2) is 4.79 Å². The van der Waals surface area contributed by atoms with E-state index in [1.807, 2.05) is 0 Å². The number of hydrogen-bond acceptors (Lipinski definition) is 6. The average molecular weight is 540 g/mol. The molecule has 1 atom stereocenters. The quantitative estimate of drug-likeness (QED) is 0.205. The van der Waals surface area contributed by atoms with E-state index in [1.54, 1.807) is 78.9 Å². The molecule has 2 amide bonds. The first kappa shape index (κ1) is 25.8. The summed E-state index contributed by atoms with van der Waals surface area (Å²) in [6.07, 6.45) is 1.87. The standard InChI is InChI=1S/C26H26BrN3O5/c27-19-11-13-20(14-12-19)29-26(33)35-24(18-5-3-6-21(17-18)34-16-15-31)9-4-10-25(32)30-23-8-2-1-7-22(23)28/h1-8,10-14,17,24,31H,9,15-16,28H2,(H,29,33)(H,30,32)/b10-4+/t24-/m1/s1. The summed E-state index contributed by atoms with van der Waals surface area (Å²) in [6, 6.07) is 21.1. The van der Waals surface area contributed by atoms with Crippen LogP contribution in [0.25, 0.3) is 0 Å².